The Kier molecular flexibility index (Phi) is 5.04. The van der Waals surface area contributed by atoms with Gasteiger partial charge in [0.25, 0.3) is 0 Å². The van der Waals surface area contributed by atoms with Crippen LogP contribution in [0.4, 0.5) is 8.78 Å². The smallest absolute Gasteiger partial charge is 0.227 e. The average Bonchev–Trinajstić information content (AvgIpc) is 2.70. The number of nitrogens with two attached hydrogens (primary N) is 1. The van der Waals surface area contributed by atoms with Gasteiger partial charge >= 0.3 is 0 Å². The van der Waals surface area contributed by atoms with E-state index in [1.54, 1.807) is 4.90 Å². The standard InChI is InChI=1S/C12H14F2N2O.ClH/c13-9-1-2-11(14)8(5-9)6-12(17)16-4-3-10(15)7-16;/h1-2,5,10H,3-4,6-7,15H2;1H/t10-;/m1./s1. The van der Waals surface area contributed by atoms with Crippen LogP contribution in [-0.2, 0) is 11.2 Å². The van der Waals surface area contributed by atoms with Crippen molar-refractivity contribution >= 4 is 18.3 Å². The van der Waals surface area contributed by atoms with E-state index in [0.717, 1.165) is 24.6 Å². The predicted molar refractivity (Wildman–Crippen MR) is 66.5 cm³/mol. The molecule has 2 N–H and O–H groups in total. The second-order valence-electron chi connectivity index (χ2n) is 4.30. The Morgan fingerprint density at radius 1 is 1.44 bits per heavy atom. The van der Waals surface area contributed by atoms with Gasteiger partial charge in [-0.25, -0.2) is 8.78 Å². The molecule has 1 aromatic rings. The maximum atomic E-state index is 13.3. The summed E-state index contributed by atoms with van der Waals surface area (Å²) >= 11 is 0. The molecule has 1 fully saturated rings. The molecule has 1 amide bonds. The highest BCUT2D eigenvalue weighted by molar-refractivity contribution is 5.85. The summed E-state index contributed by atoms with van der Waals surface area (Å²) in [6.07, 6.45) is 0.647. The number of likely N-dealkylation sites (tertiary alicyclic amines) is 1. The van der Waals surface area contributed by atoms with Crippen LogP contribution in [0.25, 0.3) is 0 Å². The SMILES string of the molecule is Cl.N[C@@H]1CCN(C(=O)Cc2cc(F)ccc2F)C1. The van der Waals surface area contributed by atoms with Gasteiger partial charge in [0.05, 0.1) is 6.42 Å². The van der Waals surface area contributed by atoms with Crippen molar-refractivity contribution in [1.29, 1.82) is 0 Å². The third kappa shape index (κ3) is 3.40. The van der Waals surface area contributed by atoms with E-state index in [0.29, 0.717) is 13.1 Å². The number of nitrogens with zero attached hydrogens (tertiary/aromatic N) is 1. The van der Waals surface area contributed by atoms with Crippen molar-refractivity contribution in [3.8, 4) is 0 Å². The first kappa shape index (κ1) is 14.9. The van der Waals surface area contributed by atoms with E-state index in [1.165, 1.54) is 0 Å². The molecule has 3 nitrogen and oxygen atoms in total. The van der Waals surface area contributed by atoms with Crippen LogP contribution in [0.5, 0.6) is 0 Å². The van der Waals surface area contributed by atoms with E-state index < -0.39 is 11.6 Å². The van der Waals surface area contributed by atoms with E-state index in [9.17, 15) is 13.6 Å². The molecule has 1 aliphatic heterocycles. The van der Waals surface area contributed by atoms with Crippen LogP contribution in [0, 0.1) is 11.6 Å². The molecule has 1 saturated heterocycles. The molecule has 0 unspecified atom stereocenters. The molecule has 0 spiro atoms. The van der Waals surface area contributed by atoms with Gasteiger partial charge in [-0.15, -0.1) is 12.4 Å². The summed E-state index contributed by atoms with van der Waals surface area (Å²) in [6, 6.07) is 3.13. The van der Waals surface area contributed by atoms with E-state index in [2.05, 4.69) is 0 Å². The van der Waals surface area contributed by atoms with Crippen molar-refractivity contribution in [1.82, 2.24) is 4.90 Å². The second kappa shape index (κ2) is 6.11. The molecule has 0 saturated carbocycles. The summed E-state index contributed by atoms with van der Waals surface area (Å²) in [6.45, 7) is 1.09. The largest absolute Gasteiger partial charge is 0.341 e. The van der Waals surface area contributed by atoms with Gasteiger partial charge in [0.15, 0.2) is 0 Å². The van der Waals surface area contributed by atoms with E-state index in [4.69, 9.17) is 5.73 Å². The Morgan fingerprint density at radius 3 is 2.78 bits per heavy atom. The lowest BCUT2D eigenvalue weighted by Crippen LogP contribution is -2.33. The van der Waals surface area contributed by atoms with Crippen molar-refractivity contribution in [2.45, 2.75) is 18.9 Å². The van der Waals surface area contributed by atoms with Crippen LogP contribution >= 0.6 is 12.4 Å². The number of carbonyl (C=O) groups is 1. The van der Waals surface area contributed by atoms with Crippen molar-refractivity contribution in [3.63, 3.8) is 0 Å². The van der Waals surface area contributed by atoms with Gasteiger partial charge < -0.3 is 10.6 Å². The minimum atomic E-state index is -0.553. The van der Waals surface area contributed by atoms with Crippen LogP contribution in [0.3, 0.4) is 0 Å². The van der Waals surface area contributed by atoms with Gasteiger partial charge in [0.2, 0.25) is 5.91 Å². The Balaban J connectivity index is 0.00000162. The van der Waals surface area contributed by atoms with Crippen molar-refractivity contribution in [2.24, 2.45) is 5.73 Å². The third-order valence-electron chi connectivity index (χ3n) is 2.93. The number of rotatable bonds is 2. The van der Waals surface area contributed by atoms with Gasteiger partial charge in [0, 0.05) is 24.7 Å². The lowest BCUT2D eigenvalue weighted by Gasteiger charge is -2.15. The molecule has 0 bridgehead atoms. The highest BCUT2D eigenvalue weighted by atomic mass is 35.5. The molecule has 100 valence electrons. The first-order chi connectivity index (χ1) is 8.06. The number of carbonyl (C=O) groups excluding carboxylic acids is 1. The maximum absolute atomic E-state index is 13.3. The molecule has 1 aliphatic rings. The predicted octanol–water partition coefficient (Wildman–Crippen LogP) is 1.49. The van der Waals surface area contributed by atoms with Crippen LogP contribution in [0.1, 0.15) is 12.0 Å². The minimum absolute atomic E-state index is 0. The van der Waals surface area contributed by atoms with Crippen LogP contribution in [0.15, 0.2) is 18.2 Å². The zero-order chi connectivity index (χ0) is 12.4. The Hall–Kier alpha value is -1.20. The minimum Gasteiger partial charge on any atom is -0.341 e. The summed E-state index contributed by atoms with van der Waals surface area (Å²) in [4.78, 5) is 13.4. The van der Waals surface area contributed by atoms with Crippen molar-refractivity contribution in [2.75, 3.05) is 13.1 Å². The number of amides is 1. The molecule has 0 radical (unpaired) electrons. The summed E-state index contributed by atoms with van der Waals surface area (Å²) < 4.78 is 26.3. The molecule has 6 heteroatoms. The summed E-state index contributed by atoms with van der Waals surface area (Å²) in [7, 11) is 0. The molecular formula is C12H15ClF2N2O. The fourth-order valence-corrected chi connectivity index (χ4v) is 1.97. The summed E-state index contributed by atoms with van der Waals surface area (Å²) in [5.41, 5.74) is 5.78. The first-order valence-electron chi connectivity index (χ1n) is 5.53. The molecule has 2 rings (SSSR count). The first-order valence-corrected chi connectivity index (χ1v) is 5.53. The van der Waals surface area contributed by atoms with Crippen LogP contribution in [0.2, 0.25) is 0 Å². The van der Waals surface area contributed by atoms with Gasteiger partial charge in [0.1, 0.15) is 11.6 Å². The Bertz CT molecular complexity index is 442. The van der Waals surface area contributed by atoms with E-state index in [-0.39, 0.29) is 36.3 Å². The molecular weight excluding hydrogens is 262 g/mol. The zero-order valence-corrected chi connectivity index (χ0v) is 10.6. The zero-order valence-electron chi connectivity index (χ0n) is 9.73. The topological polar surface area (TPSA) is 46.3 Å². The highest BCUT2D eigenvalue weighted by Crippen LogP contribution is 2.14. The molecule has 0 aliphatic carbocycles. The highest BCUT2D eigenvalue weighted by Gasteiger charge is 2.24. The fourth-order valence-electron chi connectivity index (χ4n) is 1.97. The van der Waals surface area contributed by atoms with Crippen LogP contribution in [-0.4, -0.2) is 29.9 Å². The number of hydrogen-bond acceptors (Lipinski definition) is 2. The Labute approximate surface area is 110 Å². The molecule has 1 heterocycles. The van der Waals surface area contributed by atoms with Crippen molar-refractivity contribution in [3.05, 3.63) is 35.4 Å². The van der Waals surface area contributed by atoms with Gasteiger partial charge in [-0.2, -0.15) is 0 Å². The third-order valence-corrected chi connectivity index (χ3v) is 2.93. The normalized spacial score (nSPS) is 18.6. The number of halogens is 3. The quantitative estimate of drug-likeness (QED) is 0.890. The van der Waals surface area contributed by atoms with Gasteiger partial charge in [-0.1, -0.05) is 0 Å². The molecule has 18 heavy (non-hydrogen) atoms. The molecule has 1 atom stereocenters. The lowest BCUT2D eigenvalue weighted by atomic mass is 10.1. The maximum Gasteiger partial charge on any atom is 0.227 e. The lowest BCUT2D eigenvalue weighted by molar-refractivity contribution is -0.129. The molecule has 1 aromatic carbocycles. The number of benzene rings is 1. The van der Waals surface area contributed by atoms with Gasteiger partial charge in [-0.05, 0) is 24.6 Å². The second-order valence-corrected chi connectivity index (χ2v) is 4.30. The monoisotopic (exact) mass is 276 g/mol. The van der Waals surface area contributed by atoms with Crippen LogP contribution < -0.4 is 5.73 Å². The van der Waals surface area contributed by atoms with E-state index >= 15 is 0 Å². The Morgan fingerprint density at radius 2 is 2.17 bits per heavy atom. The van der Waals surface area contributed by atoms with E-state index in [1.807, 2.05) is 0 Å². The molecule has 0 aromatic heterocycles. The number of hydrogen-bond donors (Lipinski definition) is 1. The summed E-state index contributed by atoms with van der Waals surface area (Å²) in [5, 5.41) is 0. The summed E-state index contributed by atoms with van der Waals surface area (Å²) in [5.74, 6) is -1.29. The fraction of sp³-hybridized carbons (Fsp3) is 0.417. The average molecular weight is 277 g/mol. The van der Waals surface area contributed by atoms with Crippen molar-refractivity contribution < 1.29 is 13.6 Å². The van der Waals surface area contributed by atoms with Gasteiger partial charge in [-0.3, -0.25) is 4.79 Å².